The number of aryl methyl sites for hydroxylation is 1. The average molecular weight is 259 g/mol. The highest BCUT2D eigenvalue weighted by Crippen LogP contribution is 2.27. The lowest BCUT2D eigenvalue weighted by Crippen LogP contribution is -2.31. The zero-order valence-corrected chi connectivity index (χ0v) is 10.9. The van der Waals surface area contributed by atoms with Crippen LogP contribution in [0.25, 0.3) is 0 Å². The third-order valence-electron chi connectivity index (χ3n) is 3.77. The molecule has 100 valence electrons. The zero-order valence-electron chi connectivity index (χ0n) is 10.9. The molecular weight excluding hydrogens is 242 g/mol. The van der Waals surface area contributed by atoms with Gasteiger partial charge in [0, 0.05) is 31.4 Å². The van der Waals surface area contributed by atoms with Crippen molar-refractivity contribution in [1.82, 2.24) is 4.90 Å². The molecule has 0 aromatic heterocycles. The van der Waals surface area contributed by atoms with E-state index < -0.39 is 0 Å². The van der Waals surface area contributed by atoms with E-state index in [0.29, 0.717) is 6.42 Å². The lowest BCUT2D eigenvalue weighted by molar-refractivity contribution is -0.127. The minimum atomic E-state index is -0.151. The minimum Gasteiger partial charge on any atom is -0.374 e. The van der Waals surface area contributed by atoms with Crippen LogP contribution in [0.1, 0.15) is 18.4 Å². The maximum Gasteiger partial charge on any atom is 0.244 e. The van der Waals surface area contributed by atoms with E-state index in [9.17, 15) is 9.59 Å². The lowest BCUT2D eigenvalue weighted by Gasteiger charge is -2.19. The SMILES string of the molecule is CN1CCC(Nc2ccc3c(c2)NC(=O)CC3)C1=O. The number of hydrogen-bond acceptors (Lipinski definition) is 3. The molecule has 2 N–H and O–H groups in total. The Labute approximate surface area is 112 Å². The molecule has 1 aromatic rings. The second-order valence-electron chi connectivity index (χ2n) is 5.17. The van der Waals surface area contributed by atoms with Gasteiger partial charge >= 0.3 is 0 Å². The number of hydrogen-bond donors (Lipinski definition) is 2. The number of nitrogens with zero attached hydrogens (tertiary/aromatic N) is 1. The number of likely N-dealkylation sites (N-methyl/N-ethyl adjacent to an activating group) is 1. The third kappa shape index (κ3) is 2.28. The van der Waals surface area contributed by atoms with Gasteiger partial charge in [-0.1, -0.05) is 6.07 Å². The number of fused-ring (bicyclic) bond motifs is 1. The summed E-state index contributed by atoms with van der Waals surface area (Å²) in [5.41, 5.74) is 2.90. The molecule has 1 atom stereocenters. The second kappa shape index (κ2) is 4.57. The fourth-order valence-corrected chi connectivity index (χ4v) is 2.62. The van der Waals surface area contributed by atoms with Crippen molar-refractivity contribution in [2.24, 2.45) is 0 Å². The van der Waals surface area contributed by atoms with Gasteiger partial charge in [-0.05, 0) is 30.5 Å². The highest BCUT2D eigenvalue weighted by atomic mass is 16.2. The number of amides is 2. The number of likely N-dealkylation sites (tertiary alicyclic amines) is 1. The Hall–Kier alpha value is -2.04. The number of carbonyl (C=O) groups excluding carboxylic acids is 2. The van der Waals surface area contributed by atoms with Crippen molar-refractivity contribution in [3.63, 3.8) is 0 Å². The summed E-state index contributed by atoms with van der Waals surface area (Å²) in [5, 5.41) is 6.11. The van der Waals surface area contributed by atoms with Crippen LogP contribution in [0.2, 0.25) is 0 Å². The Balaban J connectivity index is 1.77. The van der Waals surface area contributed by atoms with E-state index in [0.717, 1.165) is 36.3 Å². The smallest absolute Gasteiger partial charge is 0.244 e. The van der Waals surface area contributed by atoms with Gasteiger partial charge in [-0.25, -0.2) is 0 Å². The van der Waals surface area contributed by atoms with Gasteiger partial charge in [-0.3, -0.25) is 9.59 Å². The summed E-state index contributed by atoms with van der Waals surface area (Å²) in [6.07, 6.45) is 2.15. The molecule has 0 bridgehead atoms. The predicted octanol–water partition coefficient (Wildman–Crippen LogP) is 1.21. The molecule has 2 amide bonds. The largest absolute Gasteiger partial charge is 0.374 e. The van der Waals surface area contributed by atoms with E-state index in [1.54, 1.807) is 4.90 Å². The molecule has 2 aliphatic heterocycles. The average Bonchev–Trinajstić information content (AvgIpc) is 2.70. The quantitative estimate of drug-likeness (QED) is 0.839. The van der Waals surface area contributed by atoms with Crippen molar-refractivity contribution in [2.45, 2.75) is 25.3 Å². The van der Waals surface area contributed by atoms with E-state index in [2.05, 4.69) is 10.6 Å². The van der Waals surface area contributed by atoms with Crippen LogP contribution in [0.5, 0.6) is 0 Å². The molecule has 3 rings (SSSR count). The van der Waals surface area contributed by atoms with Gasteiger partial charge in [0.2, 0.25) is 11.8 Å². The Morgan fingerprint density at radius 1 is 1.32 bits per heavy atom. The fourth-order valence-electron chi connectivity index (χ4n) is 2.62. The van der Waals surface area contributed by atoms with Crippen LogP contribution in [-0.2, 0) is 16.0 Å². The molecular formula is C14H17N3O2. The van der Waals surface area contributed by atoms with E-state index in [4.69, 9.17) is 0 Å². The molecule has 2 aliphatic rings. The van der Waals surface area contributed by atoms with Crippen molar-refractivity contribution in [3.8, 4) is 0 Å². The van der Waals surface area contributed by atoms with Crippen molar-refractivity contribution >= 4 is 23.2 Å². The van der Waals surface area contributed by atoms with Crippen LogP contribution < -0.4 is 10.6 Å². The molecule has 2 heterocycles. The van der Waals surface area contributed by atoms with Crippen molar-refractivity contribution in [3.05, 3.63) is 23.8 Å². The highest BCUT2D eigenvalue weighted by molar-refractivity contribution is 5.94. The summed E-state index contributed by atoms with van der Waals surface area (Å²) in [7, 11) is 1.82. The van der Waals surface area contributed by atoms with E-state index >= 15 is 0 Å². The first-order valence-electron chi connectivity index (χ1n) is 6.58. The first-order chi connectivity index (χ1) is 9.13. The third-order valence-corrected chi connectivity index (χ3v) is 3.77. The molecule has 1 aromatic carbocycles. The summed E-state index contributed by atoms with van der Waals surface area (Å²) in [6.45, 7) is 0.790. The topological polar surface area (TPSA) is 61.4 Å². The molecule has 0 aliphatic carbocycles. The van der Waals surface area contributed by atoms with Crippen LogP contribution in [0, 0.1) is 0 Å². The lowest BCUT2D eigenvalue weighted by atomic mass is 10.0. The standard InChI is InChI=1S/C14H17N3O2/c1-17-7-6-11(14(17)19)15-10-4-2-9-3-5-13(18)16-12(9)8-10/h2,4,8,11,15H,3,5-7H2,1H3,(H,16,18). The van der Waals surface area contributed by atoms with Crippen LogP contribution in [0.4, 0.5) is 11.4 Å². The number of benzene rings is 1. The van der Waals surface area contributed by atoms with Gasteiger partial charge in [0.15, 0.2) is 0 Å². The molecule has 1 fully saturated rings. The Kier molecular flexibility index (Phi) is 2.89. The van der Waals surface area contributed by atoms with Crippen LogP contribution in [-0.4, -0.2) is 36.3 Å². The summed E-state index contributed by atoms with van der Waals surface area (Å²) in [5.74, 6) is 0.183. The molecule has 5 heteroatoms. The number of anilines is 2. The summed E-state index contributed by atoms with van der Waals surface area (Å²) in [6, 6.07) is 5.75. The van der Waals surface area contributed by atoms with Gasteiger partial charge in [0.05, 0.1) is 0 Å². The maximum absolute atomic E-state index is 11.8. The maximum atomic E-state index is 11.8. The van der Waals surface area contributed by atoms with E-state index in [1.165, 1.54) is 0 Å². The normalized spacial score (nSPS) is 22.2. The van der Waals surface area contributed by atoms with Crippen LogP contribution in [0.3, 0.4) is 0 Å². The first-order valence-corrected chi connectivity index (χ1v) is 6.58. The Bertz CT molecular complexity index is 541. The summed E-state index contributed by atoms with van der Waals surface area (Å²) in [4.78, 5) is 25.0. The minimum absolute atomic E-state index is 0.0568. The summed E-state index contributed by atoms with van der Waals surface area (Å²) >= 11 is 0. The molecule has 1 unspecified atom stereocenters. The van der Waals surface area contributed by atoms with Gasteiger partial charge in [0.1, 0.15) is 6.04 Å². The van der Waals surface area contributed by atoms with Crippen molar-refractivity contribution < 1.29 is 9.59 Å². The monoisotopic (exact) mass is 259 g/mol. The number of nitrogens with one attached hydrogen (secondary N) is 2. The second-order valence-corrected chi connectivity index (χ2v) is 5.17. The molecule has 0 radical (unpaired) electrons. The zero-order chi connectivity index (χ0) is 13.4. The van der Waals surface area contributed by atoms with Gasteiger partial charge < -0.3 is 15.5 Å². The Morgan fingerprint density at radius 2 is 2.16 bits per heavy atom. The van der Waals surface area contributed by atoms with Crippen LogP contribution >= 0.6 is 0 Å². The molecule has 0 saturated carbocycles. The molecule has 0 spiro atoms. The van der Waals surface area contributed by atoms with Gasteiger partial charge in [0.25, 0.3) is 0 Å². The Morgan fingerprint density at radius 3 is 2.89 bits per heavy atom. The molecule has 5 nitrogen and oxygen atoms in total. The van der Waals surface area contributed by atoms with E-state index in [1.807, 2.05) is 25.2 Å². The van der Waals surface area contributed by atoms with Gasteiger partial charge in [-0.15, -0.1) is 0 Å². The van der Waals surface area contributed by atoms with Crippen molar-refractivity contribution in [1.29, 1.82) is 0 Å². The van der Waals surface area contributed by atoms with E-state index in [-0.39, 0.29) is 17.9 Å². The number of carbonyl (C=O) groups is 2. The van der Waals surface area contributed by atoms with Gasteiger partial charge in [-0.2, -0.15) is 0 Å². The fraction of sp³-hybridized carbons (Fsp3) is 0.429. The molecule has 1 saturated heterocycles. The van der Waals surface area contributed by atoms with Crippen LogP contribution in [0.15, 0.2) is 18.2 Å². The highest BCUT2D eigenvalue weighted by Gasteiger charge is 2.28. The van der Waals surface area contributed by atoms with Crippen molar-refractivity contribution in [2.75, 3.05) is 24.2 Å². The molecule has 19 heavy (non-hydrogen) atoms. The number of rotatable bonds is 2. The summed E-state index contributed by atoms with van der Waals surface area (Å²) < 4.78 is 0. The first kappa shape index (κ1) is 12.0. The predicted molar refractivity (Wildman–Crippen MR) is 73.1 cm³/mol.